The molecule has 1 unspecified atom stereocenters. The number of halogens is 1. The van der Waals surface area contributed by atoms with Crippen LogP contribution in [0.25, 0.3) is 0 Å². The van der Waals surface area contributed by atoms with E-state index in [9.17, 15) is 9.59 Å². The number of anilines is 2. The van der Waals surface area contributed by atoms with Gasteiger partial charge in [-0.3, -0.25) is 9.59 Å². The Morgan fingerprint density at radius 2 is 1.71 bits per heavy atom. The minimum Gasteiger partial charge on any atom is -0.497 e. The summed E-state index contributed by atoms with van der Waals surface area (Å²) in [5.74, 6) is 0.348. The standard InChI is InChI=1S/C24H23BrN2O3S/c1-3-22(24(29)26-18-12-10-17(25)11-13-18)31-21-9-5-7-19(15-21)27-23(28)16-6-4-8-20(14-16)30-2/h4-15,22H,3H2,1-2H3,(H,26,29)(H,27,28). The number of ether oxygens (including phenoxy) is 1. The number of benzene rings is 3. The highest BCUT2D eigenvalue weighted by atomic mass is 79.9. The third-order valence-electron chi connectivity index (χ3n) is 4.48. The van der Waals surface area contributed by atoms with Crippen molar-refractivity contribution >= 4 is 50.9 Å². The molecule has 2 amide bonds. The van der Waals surface area contributed by atoms with Crippen molar-refractivity contribution in [1.82, 2.24) is 0 Å². The van der Waals surface area contributed by atoms with Crippen LogP contribution in [0.3, 0.4) is 0 Å². The van der Waals surface area contributed by atoms with E-state index >= 15 is 0 Å². The van der Waals surface area contributed by atoms with E-state index in [-0.39, 0.29) is 17.1 Å². The minimum absolute atomic E-state index is 0.0550. The smallest absolute Gasteiger partial charge is 0.255 e. The van der Waals surface area contributed by atoms with Gasteiger partial charge in [0.25, 0.3) is 5.91 Å². The van der Waals surface area contributed by atoms with Crippen molar-refractivity contribution in [2.45, 2.75) is 23.5 Å². The fraction of sp³-hybridized carbons (Fsp3) is 0.167. The van der Waals surface area contributed by atoms with E-state index in [0.29, 0.717) is 23.4 Å². The summed E-state index contributed by atoms with van der Waals surface area (Å²) in [4.78, 5) is 26.2. The molecule has 0 aliphatic rings. The average molecular weight is 499 g/mol. The number of rotatable bonds is 8. The predicted molar refractivity (Wildman–Crippen MR) is 130 cm³/mol. The summed E-state index contributed by atoms with van der Waals surface area (Å²) in [5.41, 5.74) is 1.94. The maximum atomic E-state index is 12.7. The summed E-state index contributed by atoms with van der Waals surface area (Å²) in [6, 6.07) is 22.0. The van der Waals surface area contributed by atoms with Gasteiger partial charge in [0.1, 0.15) is 5.75 Å². The van der Waals surface area contributed by atoms with Crippen LogP contribution in [0.15, 0.2) is 82.2 Å². The number of nitrogens with one attached hydrogen (secondary N) is 2. The molecule has 0 bridgehead atoms. The number of carbonyl (C=O) groups excluding carboxylic acids is 2. The molecule has 0 aliphatic heterocycles. The quantitative estimate of drug-likeness (QED) is 0.361. The molecular weight excluding hydrogens is 476 g/mol. The van der Waals surface area contributed by atoms with Crippen LogP contribution in [0.2, 0.25) is 0 Å². The van der Waals surface area contributed by atoms with E-state index in [1.165, 1.54) is 11.8 Å². The lowest BCUT2D eigenvalue weighted by atomic mass is 10.2. The largest absolute Gasteiger partial charge is 0.497 e. The van der Waals surface area contributed by atoms with Crippen molar-refractivity contribution in [3.63, 3.8) is 0 Å². The molecule has 0 spiro atoms. The first-order valence-electron chi connectivity index (χ1n) is 9.77. The number of methoxy groups -OCH3 is 1. The van der Waals surface area contributed by atoms with Crippen molar-refractivity contribution < 1.29 is 14.3 Å². The molecule has 3 aromatic carbocycles. The van der Waals surface area contributed by atoms with E-state index in [1.807, 2.05) is 55.5 Å². The second-order valence-electron chi connectivity index (χ2n) is 6.72. The third-order valence-corrected chi connectivity index (χ3v) is 6.36. The zero-order valence-electron chi connectivity index (χ0n) is 17.2. The molecule has 31 heavy (non-hydrogen) atoms. The van der Waals surface area contributed by atoms with E-state index < -0.39 is 0 Å². The number of hydrogen-bond acceptors (Lipinski definition) is 4. The maximum absolute atomic E-state index is 12.7. The Hall–Kier alpha value is -2.77. The summed E-state index contributed by atoms with van der Waals surface area (Å²) in [7, 11) is 1.56. The van der Waals surface area contributed by atoms with Gasteiger partial charge >= 0.3 is 0 Å². The molecule has 1 atom stereocenters. The van der Waals surface area contributed by atoms with E-state index in [0.717, 1.165) is 15.1 Å². The Kier molecular flexibility index (Phi) is 8.14. The number of carbonyl (C=O) groups is 2. The van der Waals surface area contributed by atoms with Gasteiger partial charge in [-0.15, -0.1) is 11.8 Å². The van der Waals surface area contributed by atoms with E-state index in [1.54, 1.807) is 31.4 Å². The maximum Gasteiger partial charge on any atom is 0.255 e. The van der Waals surface area contributed by atoms with Gasteiger partial charge in [-0.05, 0) is 67.1 Å². The first-order chi connectivity index (χ1) is 15.0. The zero-order valence-corrected chi connectivity index (χ0v) is 19.6. The van der Waals surface area contributed by atoms with Crippen molar-refractivity contribution in [3.05, 3.63) is 82.8 Å². The van der Waals surface area contributed by atoms with Gasteiger partial charge in [-0.2, -0.15) is 0 Å². The Bertz CT molecular complexity index is 1060. The molecule has 0 aromatic heterocycles. The Morgan fingerprint density at radius 3 is 2.42 bits per heavy atom. The lowest BCUT2D eigenvalue weighted by Gasteiger charge is -2.15. The van der Waals surface area contributed by atoms with Crippen LogP contribution in [0.1, 0.15) is 23.7 Å². The second kappa shape index (κ2) is 11.0. The summed E-state index contributed by atoms with van der Waals surface area (Å²) >= 11 is 4.86. The number of thioether (sulfide) groups is 1. The average Bonchev–Trinajstić information content (AvgIpc) is 2.79. The minimum atomic E-state index is -0.256. The highest BCUT2D eigenvalue weighted by Crippen LogP contribution is 2.29. The monoisotopic (exact) mass is 498 g/mol. The van der Waals surface area contributed by atoms with Gasteiger partial charge < -0.3 is 15.4 Å². The molecular formula is C24H23BrN2O3S. The predicted octanol–water partition coefficient (Wildman–Crippen LogP) is 6.22. The molecule has 0 heterocycles. The highest BCUT2D eigenvalue weighted by Gasteiger charge is 2.18. The van der Waals surface area contributed by atoms with Gasteiger partial charge in [0.15, 0.2) is 0 Å². The van der Waals surface area contributed by atoms with Crippen LogP contribution in [-0.2, 0) is 4.79 Å². The highest BCUT2D eigenvalue weighted by molar-refractivity contribution is 9.10. The fourth-order valence-electron chi connectivity index (χ4n) is 2.86. The van der Waals surface area contributed by atoms with Crippen LogP contribution >= 0.6 is 27.7 Å². The van der Waals surface area contributed by atoms with Crippen LogP contribution < -0.4 is 15.4 Å². The normalized spacial score (nSPS) is 11.5. The van der Waals surface area contributed by atoms with Crippen LogP contribution in [0, 0.1) is 0 Å². The topological polar surface area (TPSA) is 67.4 Å². The van der Waals surface area contributed by atoms with Gasteiger partial charge in [0.2, 0.25) is 5.91 Å². The summed E-state index contributed by atoms with van der Waals surface area (Å²) in [5, 5.41) is 5.60. The molecule has 3 aromatic rings. The van der Waals surface area contributed by atoms with Crippen molar-refractivity contribution in [2.75, 3.05) is 17.7 Å². The zero-order chi connectivity index (χ0) is 22.2. The first kappa shape index (κ1) is 22.9. The van der Waals surface area contributed by atoms with Gasteiger partial charge in [0.05, 0.1) is 12.4 Å². The van der Waals surface area contributed by atoms with Crippen LogP contribution in [0.5, 0.6) is 5.75 Å². The van der Waals surface area contributed by atoms with Crippen LogP contribution in [0.4, 0.5) is 11.4 Å². The molecule has 0 radical (unpaired) electrons. The van der Waals surface area contributed by atoms with Gasteiger partial charge in [-0.1, -0.05) is 35.0 Å². The SMILES string of the molecule is CCC(Sc1cccc(NC(=O)c2cccc(OC)c2)c1)C(=O)Nc1ccc(Br)cc1. The first-order valence-corrected chi connectivity index (χ1v) is 11.4. The molecule has 0 fully saturated rings. The van der Waals surface area contributed by atoms with E-state index in [2.05, 4.69) is 26.6 Å². The Morgan fingerprint density at radius 1 is 0.968 bits per heavy atom. The Labute approximate surface area is 194 Å². The number of hydrogen-bond donors (Lipinski definition) is 2. The molecule has 3 rings (SSSR count). The molecule has 160 valence electrons. The molecule has 0 aliphatic carbocycles. The van der Waals surface area contributed by atoms with Crippen molar-refractivity contribution in [1.29, 1.82) is 0 Å². The second-order valence-corrected chi connectivity index (χ2v) is 8.92. The summed E-state index contributed by atoms with van der Waals surface area (Å²) in [6.07, 6.45) is 0.674. The van der Waals surface area contributed by atoms with E-state index in [4.69, 9.17) is 4.74 Å². The molecule has 5 nitrogen and oxygen atoms in total. The molecule has 7 heteroatoms. The number of amides is 2. The molecule has 0 saturated carbocycles. The van der Waals surface area contributed by atoms with Gasteiger partial charge in [-0.25, -0.2) is 0 Å². The fourth-order valence-corrected chi connectivity index (χ4v) is 4.13. The Balaban J connectivity index is 1.66. The summed E-state index contributed by atoms with van der Waals surface area (Å²) < 4.78 is 6.14. The van der Waals surface area contributed by atoms with Crippen molar-refractivity contribution in [3.8, 4) is 5.75 Å². The van der Waals surface area contributed by atoms with Crippen molar-refractivity contribution in [2.24, 2.45) is 0 Å². The lowest BCUT2D eigenvalue weighted by molar-refractivity contribution is -0.115. The molecule has 2 N–H and O–H groups in total. The van der Waals surface area contributed by atoms with Gasteiger partial charge in [0, 0.05) is 26.3 Å². The van der Waals surface area contributed by atoms with Crippen LogP contribution in [-0.4, -0.2) is 24.2 Å². The third kappa shape index (κ3) is 6.60. The summed E-state index contributed by atoms with van der Waals surface area (Å²) in [6.45, 7) is 1.98. The molecule has 0 saturated heterocycles. The lowest BCUT2D eigenvalue weighted by Crippen LogP contribution is -2.24.